The fourth-order valence-corrected chi connectivity index (χ4v) is 10.9. The summed E-state index contributed by atoms with van der Waals surface area (Å²) in [6.07, 6.45) is 12.0. The van der Waals surface area contributed by atoms with Gasteiger partial charge in [0, 0.05) is 0 Å². The minimum atomic E-state index is -0.502. The van der Waals surface area contributed by atoms with E-state index in [4.69, 9.17) is 0 Å². The Morgan fingerprint density at radius 1 is 0.765 bits per heavy atom. The highest BCUT2D eigenvalue weighted by Crippen LogP contribution is 2.76. The molecule has 2 N–H and O–H groups in total. The van der Waals surface area contributed by atoms with E-state index in [1.54, 1.807) is 0 Å². The van der Waals surface area contributed by atoms with E-state index >= 15 is 0 Å². The summed E-state index contributed by atoms with van der Waals surface area (Å²) in [6.45, 7) is 19.9. The minimum absolute atomic E-state index is 0.00254. The zero-order valence-corrected chi connectivity index (χ0v) is 23.2. The molecule has 0 spiro atoms. The largest absolute Gasteiger partial charge is 0.481 e. The van der Waals surface area contributed by atoms with Gasteiger partial charge in [-0.05, 0) is 123 Å². The molecule has 34 heavy (non-hydrogen) atoms. The van der Waals surface area contributed by atoms with Crippen LogP contribution in [0.4, 0.5) is 0 Å². The molecule has 5 aliphatic carbocycles. The Bertz CT molecular complexity index is 827. The van der Waals surface area contributed by atoms with Crippen molar-refractivity contribution in [2.24, 2.45) is 50.7 Å². The summed E-state index contributed by atoms with van der Waals surface area (Å²) < 4.78 is 0. The topological polar surface area (TPSA) is 57.5 Å². The van der Waals surface area contributed by atoms with Crippen molar-refractivity contribution in [3.05, 3.63) is 12.2 Å². The van der Waals surface area contributed by atoms with E-state index in [0.717, 1.165) is 44.9 Å². The summed E-state index contributed by atoms with van der Waals surface area (Å²) in [5.74, 6) is 1.77. The number of allylic oxidation sites excluding steroid dienone is 1. The van der Waals surface area contributed by atoms with Crippen LogP contribution in [0.25, 0.3) is 0 Å². The molecule has 0 amide bonds. The second kappa shape index (κ2) is 8.35. The lowest BCUT2D eigenvalue weighted by Gasteiger charge is -2.72. The zero-order chi connectivity index (χ0) is 25.3. The molecule has 5 saturated carbocycles. The highest BCUT2D eigenvalue weighted by atomic mass is 16.4. The van der Waals surface area contributed by atoms with Crippen molar-refractivity contribution in [2.45, 2.75) is 125 Å². The first-order valence-corrected chi connectivity index (χ1v) is 14.2. The van der Waals surface area contributed by atoms with Gasteiger partial charge in [-0.25, -0.2) is 0 Å². The molecule has 5 rings (SSSR count). The molecule has 0 bridgehead atoms. The average molecular weight is 473 g/mol. The Kier molecular flexibility index (Phi) is 6.45. The first kappa shape index (κ1) is 26.2. The molecule has 0 heterocycles. The van der Waals surface area contributed by atoms with Crippen LogP contribution in [-0.4, -0.2) is 22.3 Å². The number of carboxylic acids is 1. The van der Waals surface area contributed by atoms with E-state index in [2.05, 4.69) is 41.2 Å². The third kappa shape index (κ3) is 3.41. The van der Waals surface area contributed by atoms with E-state index < -0.39 is 11.4 Å². The minimum Gasteiger partial charge on any atom is -0.481 e. The highest BCUT2D eigenvalue weighted by molar-refractivity contribution is 5.76. The quantitative estimate of drug-likeness (QED) is 0.382. The van der Waals surface area contributed by atoms with Crippen LogP contribution in [0.15, 0.2) is 12.2 Å². The molecule has 0 radical (unpaired) electrons. The second-order valence-electron chi connectivity index (χ2n) is 14.7. The summed E-state index contributed by atoms with van der Waals surface area (Å²) in [6, 6.07) is 0. The molecule has 5 fully saturated rings. The predicted octanol–water partition coefficient (Wildman–Crippen LogP) is 7.87. The Hall–Kier alpha value is -0.830. The van der Waals surface area contributed by atoms with E-state index in [-0.39, 0.29) is 16.9 Å². The van der Waals surface area contributed by atoms with Crippen LogP contribution in [0.3, 0.4) is 0 Å². The number of aliphatic hydroxyl groups excluding tert-OH is 1. The van der Waals surface area contributed by atoms with Crippen molar-refractivity contribution in [3.63, 3.8) is 0 Å². The van der Waals surface area contributed by atoms with Crippen molar-refractivity contribution in [3.8, 4) is 0 Å². The standard InChI is InChI=1S/C27H44O3.C4H8/c1-23(2)19-10-14-26(5)20(24(19,3)13-11-21(23)28)9-8-17-18-7-6-12-27(18,22(29)30)16-15-25(17,26)4;1-4(2)3/h17-21,28H,6-16H2,1-5H3,(H,29,30);1H2,2-3H3/t17?,18-,19?,20?,21?,24?,25-,26?,27?;/m1./s1. The summed E-state index contributed by atoms with van der Waals surface area (Å²) >= 11 is 0. The maximum absolute atomic E-state index is 12.4. The Balaban J connectivity index is 0.000000636. The maximum Gasteiger partial charge on any atom is 0.309 e. The summed E-state index contributed by atoms with van der Waals surface area (Å²) in [5.41, 5.74) is 1.61. The number of carbonyl (C=O) groups is 1. The van der Waals surface area contributed by atoms with Crippen molar-refractivity contribution in [1.82, 2.24) is 0 Å². The Morgan fingerprint density at radius 3 is 2.03 bits per heavy atom. The van der Waals surface area contributed by atoms with Gasteiger partial charge in [-0.3, -0.25) is 4.79 Å². The second-order valence-corrected chi connectivity index (χ2v) is 14.7. The molecular formula is C31H52O3. The summed E-state index contributed by atoms with van der Waals surface area (Å²) in [7, 11) is 0. The van der Waals surface area contributed by atoms with Crippen molar-refractivity contribution in [2.75, 3.05) is 0 Å². The molecule has 7 unspecified atom stereocenters. The molecule has 5 aliphatic rings. The number of aliphatic carboxylic acids is 1. The van der Waals surface area contributed by atoms with Crippen LogP contribution in [-0.2, 0) is 4.79 Å². The monoisotopic (exact) mass is 472 g/mol. The molecule has 0 aromatic rings. The van der Waals surface area contributed by atoms with Gasteiger partial charge in [0.05, 0.1) is 11.5 Å². The van der Waals surface area contributed by atoms with E-state index in [0.29, 0.717) is 34.5 Å². The molecule has 0 aromatic heterocycles. The average Bonchev–Trinajstić information content (AvgIpc) is 3.17. The lowest BCUT2D eigenvalue weighted by molar-refractivity contribution is -0.246. The fourth-order valence-electron chi connectivity index (χ4n) is 10.9. The number of hydrogen-bond donors (Lipinski definition) is 2. The summed E-state index contributed by atoms with van der Waals surface area (Å²) in [5, 5.41) is 21.0. The molecular weight excluding hydrogens is 420 g/mol. The van der Waals surface area contributed by atoms with Gasteiger partial charge >= 0.3 is 5.97 Å². The first-order valence-electron chi connectivity index (χ1n) is 14.2. The smallest absolute Gasteiger partial charge is 0.309 e. The van der Waals surface area contributed by atoms with E-state index in [1.165, 1.54) is 31.3 Å². The third-order valence-electron chi connectivity index (χ3n) is 12.8. The molecule has 3 heteroatoms. The van der Waals surface area contributed by atoms with Gasteiger partial charge < -0.3 is 10.2 Å². The number of rotatable bonds is 1. The predicted molar refractivity (Wildman–Crippen MR) is 139 cm³/mol. The number of aliphatic hydroxyl groups is 1. The van der Waals surface area contributed by atoms with Gasteiger partial charge in [-0.1, -0.05) is 46.6 Å². The van der Waals surface area contributed by atoms with Gasteiger partial charge in [-0.15, -0.1) is 6.58 Å². The molecule has 0 aliphatic heterocycles. The fraction of sp³-hybridized carbons (Fsp3) is 0.903. The van der Waals surface area contributed by atoms with Crippen molar-refractivity contribution < 1.29 is 15.0 Å². The van der Waals surface area contributed by atoms with Gasteiger partial charge in [0.15, 0.2) is 0 Å². The van der Waals surface area contributed by atoms with Crippen LogP contribution in [0.5, 0.6) is 0 Å². The van der Waals surface area contributed by atoms with Gasteiger partial charge in [0.25, 0.3) is 0 Å². The third-order valence-corrected chi connectivity index (χ3v) is 12.8. The van der Waals surface area contributed by atoms with Crippen LogP contribution >= 0.6 is 0 Å². The Labute approximate surface area is 209 Å². The van der Waals surface area contributed by atoms with E-state index in [9.17, 15) is 15.0 Å². The van der Waals surface area contributed by atoms with Crippen LogP contribution in [0.2, 0.25) is 0 Å². The van der Waals surface area contributed by atoms with Crippen molar-refractivity contribution in [1.29, 1.82) is 0 Å². The molecule has 3 nitrogen and oxygen atoms in total. The van der Waals surface area contributed by atoms with Crippen molar-refractivity contribution >= 4 is 5.97 Å². The summed E-state index contributed by atoms with van der Waals surface area (Å²) in [4.78, 5) is 12.4. The molecule has 194 valence electrons. The number of hydrogen-bond acceptors (Lipinski definition) is 2. The van der Waals surface area contributed by atoms with E-state index in [1.807, 2.05) is 13.8 Å². The van der Waals surface area contributed by atoms with Gasteiger partial charge in [0.1, 0.15) is 0 Å². The number of fused-ring (bicyclic) bond motifs is 7. The number of carboxylic acid groups (broad SMARTS) is 1. The van der Waals surface area contributed by atoms with Crippen LogP contribution in [0.1, 0.15) is 119 Å². The van der Waals surface area contributed by atoms with Gasteiger partial charge in [-0.2, -0.15) is 0 Å². The van der Waals surface area contributed by atoms with Crippen LogP contribution in [0, 0.1) is 50.7 Å². The molecule has 0 saturated heterocycles. The molecule has 0 aromatic carbocycles. The Morgan fingerprint density at radius 2 is 1.41 bits per heavy atom. The molecule has 9 atom stereocenters. The first-order chi connectivity index (χ1) is 15.7. The highest BCUT2D eigenvalue weighted by Gasteiger charge is 2.70. The zero-order valence-electron chi connectivity index (χ0n) is 23.2. The lowest BCUT2D eigenvalue weighted by atomic mass is 9.32. The SMILES string of the molecule is C=C(C)C.CC1(C)C(O)CCC2(C)C1CCC1(C)C2CCC2[C@H]3CCCC3(C(=O)O)CC[C@]21C. The van der Waals surface area contributed by atoms with Crippen LogP contribution < -0.4 is 0 Å². The van der Waals surface area contributed by atoms with Gasteiger partial charge in [0.2, 0.25) is 0 Å². The lowest BCUT2D eigenvalue weighted by Crippen LogP contribution is -2.66. The maximum atomic E-state index is 12.4. The normalized spacial score (nSPS) is 51.0.